The van der Waals surface area contributed by atoms with Gasteiger partial charge in [-0.05, 0) is 55.3 Å². The van der Waals surface area contributed by atoms with Crippen LogP contribution in [0.15, 0.2) is 52.4 Å². The van der Waals surface area contributed by atoms with Crippen molar-refractivity contribution in [2.45, 2.75) is 23.8 Å². The molecular weight excluding hydrogens is 410 g/mol. The average Bonchev–Trinajstić information content (AvgIpc) is 3.53. The van der Waals surface area contributed by atoms with Gasteiger partial charge in [0, 0.05) is 25.7 Å². The van der Waals surface area contributed by atoms with Gasteiger partial charge in [-0.3, -0.25) is 4.79 Å². The molecular formula is C20H21N3O4S2. The Labute approximate surface area is 172 Å². The Bertz CT molecular complexity index is 1250. The summed E-state index contributed by atoms with van der Waals surface area (Å²) in [6, 6.07) is 11.7. The van der Waals surface area contributed by atoms with Crippen LogP contribution in [0.3, 0.4) is 0 Å². The first kappa shape index (κ1) is 19.8. The number of hydrogen-bond acceptors (Lipinski definition) is 5. The van der Waals surface area contributed by atoms with Gasteiger partial charge in [0.25, 0.3) is 5.91 Å². The summed E-state index contributed by atoms with van der Waals surface area (Å²) in [6.45, 7) is 0. The van der Waals surface area contributed by atoms with Crippen LogP contribution in [0.1, 0.15) is 23.2 Å². The van der Waals surface area contributed by atoms with E-state index in [9.17, 15) is 13.2 Å². The van der Waals surface area contributed by atoms with E-state index < -0.39 is 15.9 Å². The molecule has 0 aliphatic heterocycles. The van der Waals surface area contributed by atoms with Gasteiger partial charge >= 0.3 is 0 Å². The Morgan fingerprint density at radius 1 is 1.21 bits per heavy atom. The highest BCUT2D eigenvalue weighted by Gasteiger charge is 2.34. The minimum absolute atomic E-state index is 0.0860. The zero-order valence-corrected chi connectivity index (χ0v) is 18.0. The molecule has 1 heterocycles. The third kappa shape index (κ3) is 3.73. The zero-order chi connectivity index (χ0) is 20.8. The number of thiazole rings is 1. The summed E-state index contributed by atoms with van der Waals surface area (Å²) in [6.07, 6.45) is 1.78. The number of benzene rings is 2. The van der Waals surface area contributed by atoms with Crippen LogP contribution in [0.4, 0.5) is 0 Å². The lowest BCUT2D eigenvalue weighted by atomic mass is 10.2. The fourth-order valence-electron chi connectivity index (χ4n) is 3.07. The summed E-state index contributed by atoms with van der Waals surface area (Å²) in [5.74, 6) is 0.323. The van der Waals surface area contributed by atoms with Crippen molar-refractivity contribution in [1.29, 1.82) is 0 Å². The first-order chi connectivity index (χ1) is 13.8. The minimum atomic E-state index is -3.53. The van der Waals surface area contributed by atoms with E-state index in [1.807, 2.05) is 29.8 Å². The summed E-state index contributed by atoms with van der Waals surface area (Å²) in [5, 5.41) is 0. The van der Waals surface area contributed by atoms with E-state index in [0.717, 1.165) is 28.8 Å². The van der Waals surface area contributed by atoms with E-state index >= 15 is 0 Å². The summed E-state index contributed by atoms with van der Waals surface area (Å²) >= 11 is 1.39. The molecule has 0 N–H and O–H groups in total. The predicted octanol–water partition coefficient (Wildman–Crippen LogP) is 2.77. The maximum atomic E-state index is 12.6. The van der Waals surface area contributed by atoms with Crippen molar-refractivity contribution in [2.24, 2.45) is 12.0 Å². The summed E-state index contributed by atoms with van der Waals surface area (Å²) in [5.41, 5.74) is 1.29. The molecule has 0 spiro atoms. The number of aryl methyl sites for hydroxylation is 1. The number of sulfonamides is 1. The van der Waals surface area contributed by atoms with Crippen molar-refractivity contribution in [2.75, 3.05) is 14.2 Å². The molecule has 1 amide bonds. The molecule has 1 aliphatic carbocycles. The van der Waals surface area contributed by atoms with Gasteiger partial charge in [-0.25, -0.2) is 8.42 Å². The number of ether oxygens (including phenoxy) is 1. The number of carbonyl (C=O) groups excluding carboxylic acids is 1. The maximum absolute atomic E-state index is 12.6. The minimum Gasteiger partial charge on any atom is -0.497 e. The van der Waals surface area contributed by atoms with Crippen molar-refractivity contribution in [1.82, 2.24) is 8.87 Å². The lowest BCUT2D eigenvalue weighted by molar-refractivity contribution is 0.0998. The monoisotopic (exact) mass is 431 g/mol. The van der Waals surface area contributed by atoms with Crippen molar-refractivity contribution < 1.29 is 17.9 Å². The second-order valence-electron chi connectivity index (χ2n) is 6.97. The molecule has 1 saturated carbocycles. The normalized spacial score (nSPS) is 15.2. The molecule has 1 fully saturated rings. The van der Waals surface area contributed by atoms with Gasteiger partial charge in [0.05, 0.1) is 22.2 Å². The highest BCUT2D eigenvalue weighted by Crippen LogP contribution is 2.30. The fraction of sp³-hybridized carbons (Fsp3) is 0.300. The van der Waals surface area contributed by atoms with E-state index in [2.05, 4.69) is 4.99 Å². The summed E-state index contributed by atoms with van der Waals surface area (Å²) in [7, 11) is 1.52. The second-order valence-corrected chi connectivity index (χ2v) is 9.98. The van der Waals surface area contributed by atoms with E-state index in [-0.39, 0.29) is 10.9 Å². The highest BCUT2D eigenvalue weighted by atomic mass is 32.2. The number of carbonyl (C=O) groups is 1. The van der Waals surface area contributed by atoms with Crippen molar-refractivity contribution in [3.05, 3.63) is 52.8 Å². The van der Waals surface area contributed by atoms with Crippen LogP contribution in [0.5, 0.6) is 5.75 Å². The van der Waals surface area contributed by atoms with Crippen LogP contribution in [0.2, 0.25) is 0 Å². The maximum Gasteiger partial charge on any atom is 0.279 e. The molecule has 0 unspecified atom stereocenters. The standard InChI is InChI=1S/C20H21N3O4S2/c1-22-17-11-8-15(27-3)12-18(17)28-20(22)21-19(24)13-4-9-16(10-5-13)29(25,26)23(2)14-6-7-14/h4-5,8-12,14H,6-7H2,1-3H3. The van der Waals surface area contributed by atoms with E-state index in [4.69, 9.17) is 4.74 Å². The number of methoxy groups -OCH3 is 1. The molecule has 0 bridgehead atoms. The number of aromatic nitrogens is 1. The first-order valence-corrected chi connectivity index (χ1v) is 11.4. The van der Waals surface area contributed by atoms with Crippen molar-refractivity contribution in [3.63, 3.8) is 0 Å². The van der Waals surface area contributed by atoms with Crippen molar-refractivity contribution >= 4 is 37.5 Å². The van der Waals surface area contributed by atoms with Gasteiger partial charge in [-0.1, -0.05) is 11.3 Å². The SMILES string of the molecule is COc1ccc2c(c1)sc(=NC(=O)c1ccc(S(=O)(=O)N(C)C3CC3)cc1)n2C. The number of amides is 1. The van der Waals surface area contributed by atoms with Gasteiger partial charge in [-0.15, -0.1) is 0 Å². The van der Waals surface area contributed by atoms with Gasteiger partial charge in [0.15, 0.2) is 4.80 Å². The number of rotatable bonds is 5. The van der Waals surface area contributed by atoms with Crippen LogP contribution < -0.4 is 9.54 Å². The molecule has 7 nitrogen and oxygen atoms in total. The van der Waals surface area contributed by atoms with E-state index in [1.165, 1.54) is 39.9 Å². The Balaban J connectivity index is 1.63. The third-order valence-corrected chi connectivity index (χ3v) is 8.07. The van der Waals surface area contributed by atoms with Crippen LogP contribution in [-0.2, 0) is 17.1 Å². The van der Waals surface area contributed by atoms with E-state index in [0.29, 0.717) is 10.4 Å². The number of fused-ring (bicyclic) bond motifs is 1. The molecule has 0 radical (unpaired) electrons. The summed E-state index contributed by atoms with van der Waals surface area (Å²) < 4.78 is 34.6. The molecule has 152 valence electrons. The zero-order valence-electron chi connectivity index (χ0n) is 16.3. The lowest BCUT2D eigenvalue weighted by Gasteiger charge is -2.16. The molecule has 1 aliphatic rings. The Hall–Kier alpha value is -2.49. The van der Waals surface area contributed by atoms with Crippen LogP contribution in [0.25, 0.3) is 10.2 Å². The molecule has 9 heteroatoms. The van der Waals surface area contributed by atoms with E-state index in [1.54, 1.807) is 14.2 Å². The van der Waals surface area contributed by atoms with Gasteiger partial charge in [0.2, 0.25) is 10.0 Å². The van der Waals surface area contributed by atoms with Gasteiger partial charge < -0.3 is 9.30 Å². The summed E-state index contributed by atoms with van der Waals surface area (Å²) in [4.78, 5) is 17.6. The fourth-order valence-corrected chi connectivity index (χ4v) is 5.53. The Kier molecular flexibility index (Phi) is 5.05. The van der Waals surface area contributed by atoms with Gasteiger partial charge in [-0.2, -0.15) is 9.30 Å². The molecule has 4 rings (SSSR count). The highest BCUT2D eigenvalue weighted by molar-refractivity contribution is 7.89. The molecule has 3 aromatic rings. The van der Waals surface area contributed by atoms with Crippen LogP contribution in [0, 0.1) is 0 Å². The van der Waals surface area contributed by atoms with Gasteiger partial charge in [0.1, 0.15) is 5.75 Å². The Morgan fingerprint density at radius 2 is 1.90 bits per heavy atom. The lowest BCUT2D eigenvalue weighted by Crippen LogP contribution is -2.28. The first-order valence-electron chi connectivity index (χ1n) is 9.12. The molecule has 0 atom stereocenters. The van der Waals surface area contributed by atoms with Crippen molar-refractivity contribution in [3.8, 4) is 5.75 Å². The number of nitrogens with zero attached hydrogens (tertiary/aromatic N) is 3. The van der Waals surface area contributed by atoms with Crippen LogP contribution >= 0.6 is 11.3 Å². The smallest absolute Gasteiger partial charge is 0.279 e. The predicted molar refractivity (Wildman–Crippen MR) is 112 cm³/mol. The Morgan fingerprint density at radius 3 is 2.52 bits per heavy atom. The quantitative estimate of drug-likeness (QED) is 0.622. The number of hydrogen-bond donors (Lipinski definition) is 0. The molecule has 1 aromatic heterocycles. The molecule has 0 saturated heterocycles. The average molecular weight is 432 g/mol. The molecule has 29 heavy (non-hydrogen) atoms. The molecule has 2 aromatic carbocycles. The second kappa shape index (κ2) is 7.40. The topological polar surface area (TPSA) is 81.0 Å². The largest absolute Gasteiger partial charge is 0.497 e. The van der Waals surface area contributed by atoms with Crippen LogP contribution in [-0.4, -0.2) is 43.4 Å². The third-order valence-electron chi connectivity index (χ3n) is 5.05.